The van der Waals surface area contributed by atoms with E-state index in [1.165, 1.54) is 45.6 Å². The zero-order chi connectivity index (χ0) is 19.3. The second-order valence-electron chi connectivity index (χ2n) is 5.42. The molecule has 0 saturated heterocycles. The van der Waals surface area contributed by atoms with Crippen molar-refractivity contribution in [1.29, 1.82) is 0 Å². The van der Waals surface area contributed by atoms with Crippen molar-refractivity contribution in [2.75, 3.05) is 27.6 Å². The number of benzene rings is 2. The van der Waals surface area contributed by atoms with E-state index in [0.717, 1.165) is 6.26 Å². The van der Waals surface area contributed by atoms with Gasteiger partial charge in [0.15, 0.2) is 27.1 Å². The fourth-order valence-electron chi connectivity index (χ4n) is 2.43. The lowest BCUT2D eigenvalue weighted by Gasteiger charge is -2.10. The van der Waals surface area contributed by atoms with Gasteiger partial charge in [-0.15, -0.1) is 0 Å². The summed E-state index contributed by atoms with van der Waals surface area (Å²) < 4.78 is 39.1. The highest BCUT2D eigenvalue weighted by atomic mass is 32.2. The maximum absolute atomic E-state index is 12.4. The van der Waals surface area contributed by atoms with Crippen LogP contribution in [0.4, 0.5) is 0 Å². The molecular formula is C19H20O6S. The van der Waals surface area contributed by atoms with Crippen molar-refractivity contribution in [3.8, 4) is 17.2 Å². The third kappa shape index (κ3) is 4.23. The van der Waals surface area contributed by atoms with Crippen molar-refractivity contribution in [2.45, 2.75) is 4.90 Å². The molecule has 138 valence electrons. The molecule has 0 amide bonds. The summed E-state index contributed by atoms with van der Waals surface area (Å²) in [5.74, 6) is 0.907. The smallest absolute Gasteiger partial charge is 0.185 e. The molecule has 0 radical (unpaired) electrons. The summed E-state index contributed by atoms with van der Waals surface area (Å²) in [7, 11) is 0.965. The SMILES string of the molecule is COc1cc(C(=O)/C=C/c2cccc(OC)c2OC)ccc1S(C)(=O)=O. The molecule has 26 heavy (non-hydrogen) atoms. The third-order valence-corrected chi connectivity index (χ3v) is 4.83. The summed E-state index contributed by atoms with van der Waals surface area (Å²) >= 11 is 0. The number of sulfone groups is 1. The Bertz CT molecular complexity index is 944. The number of methoxy groups -OCH3 is 3. The van der Waals surface area contributed by atoms with Gasteiger partial charge in [0.05, 0.1) is 21.3 Å². The highest BCUT2D eigenvalue weighted by Gasteiger charge is 2.16. The van der Waals surface area contributed by atoms with Crippen LogP contribution in [0.1, 0.15) is 15.9 Å². The van der Waals surface area contributed by atoms with Gasteiger partial charge in [0, 0.05) is 17.4 Å². The number of carbonyl (C=O) groups excluding carboxylic acids is 1. The van der Waals surface area contributed by atoms with E-state index >= 15 is 0 Å². The number of ketones is 1. The zero-order valence-electron chi connectivity index (χ0n) is 15.0. The van der Waals surface area contributed by atoms with Gasteiger partial charge in [-0.25, -0.2) is 8.42 Å². The Hall–Kier alpha value is -2.80. The summed E-state index contributed by atoms with van der Waals surface area (Å²) in [4.78, 5) is 12.5. The summed E-state index contributed by atoms with van der Waals surface area (Å²) in [5, 5.41) is 0. The van der Waals surface area contributed by atoms with Gasteiger partial charge in [0.1, 0.15) is 10.6 Å². The van der Waals surface area contributed by atoms with Gasteiger partial charge in [-0.05, 0) is 36.4 Å². The molecule has 0 bridgehead atoms. The zero-order valence-corrected chi connectivity index (χ0v) is 15.8. The minimum Gasteiger partial charge on any atom is -0.495 e. The average molecular weight is 376 g/mol. The maximum atomic E-state index is 12.4. The molecule has 0 aliphatic heterocycles. The predicted molar refractivity (Wildman–Crippen MR) is 99.0 cm³/mol. The lowest BCUT2D eigenvalue weighted by atomic mass is 10.1. The molecule has 0 spiro atoms. The Morgan fingerprint density at radius 1 is 0.962 bits per heavy atom. The van der Waals surface area contributed by atoms with Crippen LogP contribution in [-0.2, 0) is 9.84 Å². The number of rotatable bonds is 7. The lowest BCUT2D eigenvalue weighted by molar-refractivity contribution is 0.104. The first-order chi connectivity index (χ1) is 12.3. The number of allylic oxidation sites excluding steroid dienone is 1. The van der Waals surface area contributed by atoms with Crippen LogP contribution in [-0.4, -0.2) is 41.8 Å². The van der Waals surface area contributed by atoms with Crippen molar-refractivity contribution in [1.82, 2.24) is 0 Å². The van der Waals surface area contributed by atoms with Crippen LogP contribution in [0.15, 0.2) is 47.4 Å². The number of hydrogen-bond donors (Lipinski definition) is 0. The van der Waals surface area contributed by atoms with E-state index in [0.29, 0.717) is 22.6 Å². The van der Waals surface area contributed by atoms with E-state index in [1.807, 2.05) is 0 Å². The van der Waals surface area contributed by atoms with Gasteiger partial charge in [0.2, 0.25) is 0 Å². The minimum atomic E-state index is -3.44. The normalized spacial score (nSPS) is 11.4. The molecule has 0 aromatic heterocycles. The predicted octanol–water partition coefficient (Wildman–Crippen LogP) is 3.01. The van der Waals surface area contributed by atoms with Crippen molar-refractivity contribution in [3.63, 3.8) is 0 Å². The van der Waals surface area contributed by atoms with Crippen molar-refractivity contribution in [3.05, 3.63) is 53.6 Å². The van der Waals surface area contributed by atoms with Gasteiger partial charge >= 0.3 is 0 Å². The molecule has 0 heterocycles. The van der Waals surface area contributed by atoms with E-state index in [4.69, 9.17) is 14.2 Å². The molecule has 0 atom stereocenters. The quantitative estimate of drug-likeness (QED) is 0.546. The molecule has 6 nitrogen and oxygen atoms in total. The van der Waals surface area contributed by atoms with Crippen LogP contribution >= 0.6 is 0 Å². The average Bonchev–Trinajstić information content (AvgIpc) is 2.64. The summed E-state index contributed by atoms with van der Waals surface area (Å²) in [6.07, 6.45) is 4.08. The number of carbonyl (C=O) groups is 1. The topological polar surface area (TPSA) is 78.9 Å². The standard InChI is InChI=1S/C19H20O6S/c1-23-16-7-5-6-13(19(16)25-3)8-10-15(20)14-9-11-18(26(4,21)22)17(12-14)24-2/h5-12H,1-4H3/b10-8+. The molecule has 0 saturated carbocycles. The van der Waals surface area contributed by atoms with Crippen molar-refractivity contribution >= 4 is 21.7 Å². The molecular weight excluding hydrogens is 356 g/mol. The number of ether oxygens (including phenoxy) is 3. The molecule has 2 rings (SSSR count). The summed E-state index contributed by atoms with van der Waals surface area (Å²) in [6, 6.07) is 9.56. The largest absolute Gasteiger partial charge is 0.495 e. The number of para-hydroxylation sites is 1. The second-order valence-corrected chi connectivity index (χ2v) is 7.40. The highest BCUT2D eigenvalue weighted by molar-refractivity contribution is 7.90. The highest BCUT2D eigenvalue weighted by Crippen LogP contribution is 2.31. The van der Waals surface area contributed by atoms with E-state index in [1.54, 1.807) is 24.3 Å². The number of hydrogen-bond acceptors (Lipinski definition) is 6. The minimum absolute atomic E-state index is 0.0370. The van der Waals surface area contributed by atoms with E-state index in [-0.39, 0.29) is 16.4 Å². The Morgan fingerprint density at radius 2 is 1.65 bits per heavy atom. The molecule has 0 fully saturated rings. The van der Waals surface area contributed by atoms with Crippen LogP contribution in [0.5, 0.6) is 17.2 Å². The van der Waals surface area contributed by atoms with Gasteiger partial charge in [-0.3, -0.25) is 4.79 Å². The van der Waals surface area contributed by atoms with Gasteiger partial charge in [0.25, 0.3) is 0 Å². The summed E-state index contributed by atoms with van der Waals surface area (Å²) in [5.41, 5.74) is 0.993. The van der Waals surface area contributed by atoms with Gasteiger partial charge in [-0.1, -0.05) is 12.1 Å². The van der Waals surface area contributed by atoms with Gasteiger partial charge in [-0.2, -0.15) is 0 Å². The van der Waals surface area contributed by atoms with E-state index < -0.39 is 9.84 Å². The van der Waals surface area contributed by atoms with Crippen molar-refractivity contribution < 1.29 is 27.4 Å². The monoisotopic (exact) mass is 376 g/mol. The molecule has 0 aliphatic carbocycles. The first-order valence-electron chi connectivity index (χ1n) is 7.63. The molecule has 2 aromatic rings. The first kappa shape index (κ1) is 19.5. The fourth-order valence-corrected chi connectivity index (χ4v) is 3.26. The van der Waals surface area contributed by atoms with Crippen LogP contribution in [0.2, 0.25) is 0 Å². The van der Waals surface area contributed by atoms with Crippen LogP contribution in [0.3, 0.4) is 0 Å². The first-order valence-corrected chi connectivity index (χ1v) is 9.52. The molecule has 0 unspecified atom stereocenters. The Kier molecular flexibility index (Phi) is 6.05. The van der Waals surface area contributed by atoms with Gasteiger partial charge < -0.3 is 14.2 Å². The Balaban J connectivity index is 2.35. The van der Waals surface area contributed by atoms with Crippen LogP contribution in [0, 0.1) is 0 Å². The Labute approximate surface area is 152 Å². The van der Waals surface area contributed by atoms with E-state index in [2.05, 4.69) is 0 Å². The second kappa shape index (κ2) is 8.05. The Morgan fingerprint density at radius 3 is 2.23 bits per heavy atom. The van der Waals surface area contributed by atoms with E-state index in [9.17, 15) is 13.2 Å². The lowest BCUT2D eigenvalue weighted by Crippen LogP contribution is -2.03. The van der Waals surface area contributed by atoms with Crippen LogP contribution in [0.25, 0.3) is 6.08 Å². The fraction of sp³-hybridized carbons (Fsp3) is 0.211. The van der Waals surface area contributed by atoms with Crippen molar-refractivity contribution in [2.24, 2.45) is 0 Å². The summed E-state index contributed by atoms with van der Waals surface area (Å²) in [6.45, 7) is 0. The third-order valence-electron chi connectivity index (χ3n) is 3.70. The molecule has 0 N–H and O–H groups in total. The maximum Gasteiger partial charge on any atom is 0.185 e. The molecule has 2 aromatic carbocycles. The van der Waals surface area contributed by atoms with Crippen LogP contribution < -0.4 is 14.2 Å². The molecule has 7 heteroatoms. The molecule has 0 aliphatic rings.